The van der Waals surface area contributed by atoms with Crippen LogP contribution in [-0.4, -0.2) is 38.8 Å². The van der Waals surface area contributed by atoms with Crippen molar-refractivity contribution in [2.75, 3.05) is 18.0 Å². The molecule has 1 saturated carbocycles. The second-order valence-corrected chi connectivity index (χ2v) is 8.75. The van der Waals surface area contributed by atoms with Crippen molar-refractivity contribution in [1.29, 1.82) is 0 Å². The summed E-state index contributed by atoms with van der Waals surface area (Å²) in [6.07, 6.45) is 11.1. The number of aliphatic hydroxyl groups is 1. The number of β-amino-alcohol motifs (C(OH)–C–C–N with tert-alkyl or cyclic N) is 1. The summed E-state index contributed by atoms with van der Waals surface area (Å²) in [5.74, 6) is 1.29. The molecule has 1 unspecified atom stereocenters. The molecule has 0 bridgehead atoms. The lowest BCUT2D eigenvalue weighted by molar-refractivity contribution is 0.133. The molecule has 4 rings (SSSR count). The molecule has 0 amide bonds. The smallest absolute Gasteiger partial charge is 0.269 e. The molecule has 2 aromatic heterocycles. The fourth-order valence-electron chi connectivity index (χ4n) is 4.49. The van der Waals surface area contributed by atoms with Gasteiger partial charge in [-0.05, 0) is 46.8 Å². The number of fused-ring (bicyclic) bond motifs is 1. The Balaban J connectivity index is 1.59. The van der Waals surface area contributed by atoms with Crippen molar-refractivity contribution in [2.45, 2.75) is 57.6 Å². The first-order valence-electron chi connectivity index (χ1n) is 10.3. The van der Waals surface area contributed by atoms with Gasteiger partial charge in [0.1, 0.15) is 4.47 Å². The number of rotatable bonds is 5. The summed E-state index contributed by atoms with van der Waals surface area (Å²) in [6.45, 7) is 2.00. The number of hydrogen-bond acceptors (Lipinski definition) is 5. The number of halogens is 1. The minimum Gasteiger partial charge on any atom is -0.391 e. The van der Waals surface area contributed by atoms with Gasteiger partial charge in [0, 0.05) is 37.6 Å². The summed E-state index contributed by atoms with van der Waals surface area (Å²) in [5, 5.41) is 10.7. The molecule has 1 atom stereocenters. The summed E-state index contributed by atoms with van der Waals surface area (Å²) in [7, 11) is 0. The summed E-state index contributed by atoms with van der Waals surface area (Å²) in [5.41, 5.74) is 1.42. The van der Waals surface area contributed by atoms with Gasteiger partial charge in [0.05, 0.1) is 11.8 Å². The molecule has 28 heavy (non-hydrogen) atoms. The highest BCUT2D eigenvalue weighted by Crippen LogP contribution is 2.30. The number of pyridine rings is 1. The zero-order valence-electron chi connectivity index (χ0n) is 16.1. The maximum absolute atomic E-state index is 12.9. The zero-order chi connectivity index (χ0) is 19.5. The lowest BCUT2D eigenvalue weighted by atomic mass is 9.85. The minimum absolute atomic E-state index is 0.0664. The molecule has 3 heterocycles. The molecule has 6 nitrogen and oxygen atoms in total. The quantitative estimate of drug-likeness (QED) is 0.759. The Morgan fingerprint density at radius 2 is 1.89 bits per heavy atom. The maximum Gasteiger partial charge on any atom is 0.269 e. The largest absolute Gasteiger partial charge is 0.391 e. The van der Waals surface area contributed by atoms with Gasteiger partial charge in [-0.1, -0.05) is 32.1 Å². The van der Waals surface area contributed by atoms with E-state index in [0.29, 0.717) is 35.1 Å². The third kappa shape index (κ3) is 4.15. The van der Waals surface area contributed by atoms with Crippen molar-refractivity contribution < 1.29 is 5.11 Å². The Bertz CT molecular complexity index is 865. The van der Waals surface area contributed by atoms with Crippen molar-refractivity contribution in [3.63, 3.8) is 0 Å². The van der Waals surface area contributed by atoms with Crippen molar-refractivity contribution in [2.24, 2.45) is 5.92 Å². The molecule has 1 N–H and O–H groups in total. The van der Waals surface area contributed by atoms with E-state index in [1.54, 1.807) is 17.0 Å². The molecular weight excluding hydrogens is 420 g/mol. The third-order valence-electron chi connectivity index (χ3n) is 5.90. The fourth-order valence-corrected chi connectivity index (χ4v) is 5.02. The van der Waals surface area contributed by atoms with Crippen LogP contribution in [-0.2, 0) is 6.54 Å². The highest BCUT2D eigenvalue weighted by molar-refractivity contribution is 9.10. The van der Waals surface area contributed by atoms with Crippen LogP contribution < -0.4 is 10.5 Å². The number of hydrogen-bond donors (Lipinski definition) is 1. The van der Waals surface area contributed by atoms with Crippen molar-refractivity contribution >= 4 is 21.9 Å². The van der Waals surface area contributed by atoms with Crippen LogP contribution in [0.15, 0.2) is 33.8 Å². The van der Waals surface area contributed by atoms with Crippen LogP contribution in [0.1, 0.15) is 44.9 Å². The Labute approximate surface area is 173 Å². The highest BCUT2D eigenvalue weighted by Gasteiger charge is 2.26. The van der Waals surface area contributed by atoms with Crippen molar-refractivity contribution in [3.8, 4) is 11.3 Å². The summed E-state index contributed by atoms with van der Waals surface area (Å²) >= 11 is 3.45. The van der Waals surface area contributed by atoms with E-state index in [1.165, 1.54) is 32.1 Å². The van der Waals surface area contributed by atoms with Crippen LogP contribution in [0.4, 0.5) is 5.95 Å². The average molecular weight is 447 g/mol. The molecule has 2 aromatic rings. The third-order valence-corrected chi connectivity index (χ3v) is 6.62. The number of aromatic nitrogens is 3. The van der Waals surface area contributed by atoms with Gasteiger partial charge in [-0.2, -0.15) is 0 Å². The second-order valence-electron chi connectivity index (χ2n) is 7.96. The van der Waals surface area contributed by atoms with Crippen LogP contribution in [0, 0.1) is 5.92 Å². The minimum atomic E-state index is -0.389. The molecule has 2 aliphatic rings. The standard InChI is InChI=1S/C21H27BrN4O2/c22-18-19(16-7-9-23-10-8-16)24-21-25(11-4-12-26(21)20(18)28)14-17(27)13-15-5-2-1-3-6-15/h7-10,15,17,27H,1-6,11-14H2. The first-order chi connectivity index (χ1) is 13.6. The predicted molar refractivity (Wildman–Crippen MR) is 113 cm³/mol. The van der Waals surface area contributed by atoms with E-state index in [-0.39, 0.29) is 11.7 Å². The van der Waals surface area contributed by atoms with E-state index < -0.39 is 0 Å². The van der Waals surface area contributed by atoms with E-state index in [1.807, 2.05) is 12.1 Å². The van der Waals surface area contributed by atoms with Gasteiger partial charge >= 0.3 is 0 Å². The Morgan fingerprint density at radius 1 is 1.14 bits per heavy atom. The van der Waals surface area contributed by atoms with Crippen LogP contribution in [0.2, 0.25) is 0 Å². The van der Waals surface area contributed by atoms with Crippen molar-refractivity contribution in [1.82, 2.24) is 14.5 Å². The van der Waals surface area contributed by atoms with Crippen LogP contribution in [0.3, 0.4) is 0 Å². The normalized spacial score (nSPS) is 18.7. The molecule has 0 spiro atoms. The van der Waals surface area contributed by atoms with Gasteiger partial charge in [0.15, 0.2) is 0 Å². The first kappa shape index (κ1) is 19.6. The fraction of sp³-hybridized carbons (Fsp3) is 0.571. The summed E-state index contributed by atoms with van der Waals surface area (Å²) in [6, 6.07) is 3.71. The molecule has 1 fully saturated rings. The first-order valence-corrected chi connectivity index (χ1v) is 11.1. The van der Waals surface area contributed by atoms with Crippen LogP contribution >= 0.6 is 15.9 Å². The topological polar surface area (TPSA) is 71.2 Å². The van der Waals surface area contributed by atoms with Gasteiger partial charge in [-0.3, -0.25) is 14.3 Å². The lowest BCUT2D eigenvalue weighted by Gasteiger charge is -2.34. The van der Waals surface area contributed by atoms with Gasteiger partial charge in [-0.15, -0.1) is 0 Å². The van der Waals surface area contributed by atoms with E-state index in [4.69, 9.17) is 4.98 Å². The van der Waals surface area contributed by atoms with E-state index >= 15 is 0 Å². The van der Waals surface area contributed by atoms with Gasteiger partial charge in [0.2, 0.25) is 5.95 Å². The molecule has 0 saturated heterocycles. The molecule has 0 radical (unpaired) electrons. The highest BCUT2D eigenvalue weighted by atomic mass is 79.9. The average Bonchev–Trinajstić information content (AvgIpc) is 2.72. The summed E-state index contributed by atoms with van der Waals surface area (Å²) < 4.78 is 2.21. The van der Waals surface area contributed by atoms with Crippen LogP contribution in [0.25, 0.3) is 11.3 Å². The SMILES string of the molecule is O=c1c(Br)c(-c2ccncc2)nc2n1CCCN2CC(O)CC1CCCCC1. The molecule has 150 valence electrons. The van der Waals surface area contributed by atoms with E-state index in [2.05, 4.69) is 25.8 Å². The number of anilines is 1. The number of nitrogens with zero attached hydrogens (tertiary/aromatic N) is 4. The molecule has 1 aliphatic carbocycles. The molecular formula is C21H27BrN4O2. The zero-order valence-corrected chi connectivity index (χ0v) is 17.6. The van der Waals surface area contributed by atoms with Crippen molar-refractivity contribution in [3.05, 3.63) is 39.4 Å². The lowest BCUT2D eigenvalue weighted by Crippen LogP contribution is -2.43. The molecule has 7 heteroatoms. The van der Waals surface area contributed by atoms with Gasteiger partial charge in [-0.25, -0.2) is 4.98 Å². The number of aliphatic hydroxyl groups excluding tert-OH is 1. The maximum atomic E-state index is 12.9. The monoisotopic (exact) mass is 446 g/mol. The second kappa shape index (κ2) is 8.74. The summed E-state index contributed by atoms with van der Waals surface area (Å²) in [4.78, 5) is 23.9. The molecule has 1 aliphatic heterocycles. The van der Waals surface area contributed by atoms with Crippen LogP contribution in [0.5, 0.6) is 0 Å². The van der Waals surface area contributed by atoms with Gasteiger partial charge < -0.3 is 10.0 Å². The van der Waals surface area contributed by atoms with E-state index in [9.17, 15) is 9.90 Å². The molecule has 0 aromatic carbocycles. The Hall–Kier alpha value is -1.73. The Kier molecular flexibility index (Phi) is 6.11. The van der Waals surface area contributed by atoms with E-state index in [0.717, 1.165) is 24.9 Å². The predicted octanol–water partition coefficient (Wildman–Crippen LogP) is 3.61. The Morgan fingerprint density at radius 3 is 2.64 bits per heavy atom. The van der Waals surface area contributed by atoms with Gasteiger partial charge in [0.25, 0.3) is 5.56 Å².